The maximum absolute atomic E-state index is 12.2. The molecule has 0 spiro atoms. The van der Waals surface area contributed by atoms with Crippen LogP contribution >= 0.6 is 0 Å². The Kier molecular flexibility index (Phi) is 6.03. The summed E-state index contributed by atoms with van der Waals surface area (Å²) in [6, 6.07) is 10.0. The van der Waals surface area contributed by atoms with Crippen LogP contribution in [0.5, 0.6) is 0 Å². The van der Waals surface area contributed by atoms with E-state index in [4.69, 9.17) is 5.73 Å². The minimum atomic E-state index is -0.143. The van der Waals surface area contributed by atoms with Gasteiger partial charge in [0.25, 0.3) is 0 Å². The van der Waals surface area contributed by atoms with E-state index in [1.807, 2.05) is 30.3 Å². The zero-order valence-electron chi connectivity index (χ0n) is 12.3. The Morgan fingerprint density at radius 3 is 2.47 bits per heavy atom. The monoisotopic (exact) mass is 262 g/mol. The van der Waals surface area contributed by atoms with Gasteiger partial charge in [0.2, 0.25) is 5.91 Å². The Morgan fingerprint density at radius 1 is 1.32 bits per heavy atom. The first-order chi connectivity index (χ1) is 8.98. The summed E-state index contributed by atoms with van der Waals surface area (Å²) in [5.74, 6) is -0.0806. The number of amides is 1. The molecule has 1 rings (SSSR count). The van der Waals surface area contributed by atoms with Crippen molar-refractivity contribution in [1.29, 1.82) is 0 Å². The minimum absolute atomic E-state index is 0.0629. The first-order valence-corrected chi connectivity index (χ1v) is 7.00. The second kappa shape index (κ2) is 7.29. The predicted molar refractivity (Wildman–Crippen MR) is 79.8 cm³/mol. The number of rotatable bonds is 7. The summed E-state index contributed by atoms with van der Waals surface area (Å²) in [5, 5.41) is 3.03. The summed E-state index contributed by atoms with van der Waals surface area (Å²) in [4.78, 5) is 12.2. The van der Waals surface area contributed by atoms with Crippen molar-refractivity contribution in [2.24, 2.45) is 17.1 Å². The first kappa shape index (κ1) is 15.7. The molecule has 3 heteroatoms. The van der Waals surface area contributed by atoms with Crippen molar-refractivity contribution < 1.29 is 4.79 Å². The quantitative estimate of drug-likeness (QED) is 0.792. The molecule has 1 atom stereocenters. The van der Waals surface area contributed by atoms with Crippen LogP contribution in [0.25, 0.3) is 0 Å². The molecule has 19 heavy (non-hydrogen) atoms. The number of benzene rings is 1. The molecule has 0 saturated carbocycles. The average Bonchev–Trinajstić information content (AvgIpc) is 2.43. The van der Waals surface area contributed by atoms with E-state index in [0.717, 1.165) is 12.0 Å². The van der Waals surface area contributed by atoms with Crippen LogP contribution in [0.3, 0.4) is 0 Å². The van der Waals surface area contributed by atoms with Crippen LogP contribution in [0.1, 0.15) is 32.8 Å². The van der Waals surface area contributed by atoms with Gasteiger partial charge in [0.15, 0.2) is 0 Å². The molecular formula is C16H26N2O. The van der Waals surface area contributed by atoms with Crippen LogP contribution in [0, 0.1) is 11.3 Å². The number of hydrogen-bond donors (Lipinski definition) is 2. The SMILES string of the molecule is CCC(C)(C)CNC(=O)C(CN)Cc1ccccc1. The van der Waals surface area contributed by atoms with Crippen molar-refractivity contribution in [3.8, 4) is 0 Å². The summed E-state index contributed by atoms with van der Waals surface area (Å²) in [7, 11) is 0. The zero-order valence-corrected chi connectivity index (χ0v) is 12.3. The summed E-state index contributed by atoms with van der Waals surface area (Å²) in [6.07, 6.45) is 1.75. The highest BCUT2D eigenvalue weighted by Gasteiger charge is 2.21. The second-order valence-corrected chi connectivity index (χ2v) is 5.86. The molecule has 0 aliphatic rings. The summed E-state index contributed by atoms with van der Waals surface area (Å²) < 4.78 is 0. The van der Waals surface area contributed by atoms with Crippen LogP contribution in [-0.4, -0.2) is 19.0 Å². The molecule has 0 aliphatic heterocycles. The molecule has 106 valence electrons. The zero-order chi connectivity index (χ0) is 14.3. The summed E-state index contributed by atoms with van der Waals surface area (Å²) in [6.45, 7) is 7.53. The maximum Gasteiger partial charge on any atom is 0.224 e. The van der Waals surface area contributed by atoms with Crippen LogP contribution in [-0.2, 0) is 11.2 Å². The van der Waals surface area contributed by atoms with Gasteiger partial charge < -0.3 is 11.1 Å². The molecule has 0 fully saturated rings. The summed E-state index contributed by atoms with van der Waals surface area (Å²) in [5.41, 5.74) is 7.03. The first-order valence-electron chi connectivity index (χ1n) is 7.00. The van der Waals surface area contributed by atoms with Gasteiger partial charge in [-0.2, -0.15) is 0 Å². The van der Waals surface area contributed by atoms with Crippen LogP contribution in [0.4, 0.5) is 0 Å². The topological polar surface area (TPSA) is 55.1 Å². The fourth-order valence-corrected chi connectivity index (χ4v) is 1.78. The number of carbonyl (C=O) groups excluding carboxylic acids is 1. The Bertz CT molecular complexity index is 387. The van der Waals surface area contributed by atoms with Gasteiger partial charge in [-0.1, -0.05) is 51.1 Å². The highest BCUT2D eigenvalue weighted by Crippen LogP contribution is 2.18. The molecule has 1 aromatic carbocycles. The smallest absolute Gasteiger partial charge is 0.224 e. The van der Waals surface area contributed by atoms with Gasteiger partial charge in [-0.25, -0.2) is 0 Å². The maximum atomic E-state index is 12.2. The van der Waals surface area contributed by atoms with E-state index >= 15 is 0 Å². The molecule has 0 aliphatic carbocycles. The lowest BCUT2D eigenvalue weighted by Crippen LogP contribution is -2.40. The van der Waals surface area contributed by atoms with Crippen molar-refractivity contribution in [3.05, 3.63) is 35.9 Å². The number of hydrogen-bond acceptors (Lipinski definition) is 2. The standard InChI is InChI=1S/C16H26N2O/c1-4-16(2,3)12-18-15(19)14(11-17)10-13-8-6-5-7-9-13/h5-9,14H,4,10-12,17H2,1-3H3,(H,18,19). The lowest BCUT2D eigenvalue weighted by molar-refractivity contribution is -0.125. The third-order valence-electron chi connectivity index (χ3n) is 3.68. The third-order valence-corrected chi connectivity index (χ3v) is 3.68. The van der Waals surface area contributed by atoms with E-state index in [9.17, 15) is 4.79 Å². The van der Waals surface area contributed by atoms with E-state index < -0.39 is 0 Å². The molecule has 3 N–H and O–H groups in total. The second-order valence-electron chi connectivity index (χ2n) is 5.86. The molecular weight excluding hydrogens is 236 g/mol. The lowest BCUT2D eigenvalue weighted by atomic mass is 9.90. The molecule has 0 bridgehead atoms. The van der Waals surface area contributed by atoms with E-state index in [0.29, 0.717) is 19.5 Å². The van der Waals surface area contributed by atoms with E-state index in [1.54, 1.807) is 0 Å². The number of nitrogens with one attached hydrogen (secondary N) is 1. The van der Waals surface area contributed by atoms with E-state index in [-0.39, 0.29) is 17.2 Å². The van der Waals surface area contributed by atoms with E-state index in [1.165, 1.54) is 0 Å². The number of carbonyl (C=O) groups is 1. The molecule has 1 amide bonds. The Balaban J connectivity index is 2.53. The normalized spacial score (nSPS) is 13.1. The van der Waals surface area contributed by atoms with Crippen LogP contribution in [0.2, 0.25) is 0 Å². The van der Waals surface area contributed by atoms with Crippen LogP contribution < -0.4 is 11.1 Å². The van der Waals surface area contributed by atoms with Crippen molar-refractivity contribution in [3.63, 3.8) is 0 Å². The Morgan fingerprint density at radius 2 is 1.95 bits per heavy atom. The van der Waals surface area contributed by atoms with Gasteiger partial charge in [-0.05, 0) is 23.8 Å². The highest BCUT2D eigenvalue weighted by atomic mass is 16.1. The van der Waals surface area contributed by atoms with E-state index in [2.05, 4.69) is 26.1 Å². The fourth-order valence-electron chi connectivity index (χ4n) is 1.78. The van der Waals surface area contributed by atoms with Crippen molar-refractivity contribution >= 4 is 5.91 Å². The molecule has 0 radical (unpaired) electrons. The molecule has 1 unspecified atom stereocenters. The van der Waals surface area contributed by atoms with Gasteiger partial charge in [0, 0.05) is 13.1 Å². The molecule has 3 nitrogen and oxygen atoms in total. The minimum Gasteiger partial charge on any atom is -0.355 e. The molecule has 0 aromatic heterocycles. The third kappa shape index (κ3) is 5.43. The van der Waals surface area contributed by atoms with Crippen molar-refractivity contribution in [2.45, 2.75) is 33.6 Å². The largest absolute Gasteiger partial charge is 0.355 e. The summed E-state index contributed by atoms with van der Waals surface area (Å²) >= 11 is 0. The fraction of sp³-hybridized carbons (Fsp3) is 0.562. The van der Waals surface area contributed by atoms with Gasteiger partial charge in [-0.15, -0.1) is 0 Å². The Hall–Kier alpha value is -1.35. The molecule has 0 saturated heterocycles. The van der Waals surface area contributed by atoms with Gasteiger partial charge in [-0.3, -0.25) is 4.79 Å². The molecule has 1 aromatic rings. The predicted octanol–water partition coefficient (Wildman–Crippen LogP) is 2.36. The van der Waals surface area contributed by atoms with Crippen molar-refractivity contribution in [1.82, 2.24) is 5.32 Å². The van der Waals surface area contributed by atoms with Crippen molar-refractivity contribution in [2.75, 3.05) is 13.1 Å². The van der Waals surface area contributed by atoms with Crippen LogP contribution in [0.15, 0.2) is 30.3 Å². The van der Waals surface area contributed by atoms with Gasteiger partial charge >= 0.3 is 0 Å². The van der Waals surface area contributed by atoms with Gasteiger partial charge in [0.1, 0.15) is 0 Å². The molecule has 0 heterocycles. The average molecular weight is 262 g/mol. The van der Waals surface area contributed by atoms with Gasteiger partial charge in [0.05, 0.1) is 5.92 Å². The lowest BCUT2D eigenvalue weighted by Gasteiger charge is -2.24. The highest BCUT2D eigenvalue weighted by molar-refractivity contribution is 5.79. The number of nitrogens with two attached hydrogens (primary N) is 1. The Labute approximate surface area is 116 Å².